The van der Waals surface area contributed by atoms with Crippen LogP contribution in [0.4, 0.5) is 0 Å². The van der Waals surface area contributed by atoms with E-state index in [4.69, 9.17) is 0 Å². The number of rotatable bonds is 6. The maximum absolute atomic E-state index is 12.5. The quantitative estimate of drug-likeness (QED) is 0.788. The molecule has 1 fully saturated rings. The molecule has 1 aliphatic rings. The van der Waals surface area contributed by atoms with Crippen LogP contribution >= 0.6 is 23.1 Å². The summed E-state index contributed by atoms with van der Waals surface area (Å²) in [4.78, 5) is 18.0. The molecule has 3 rings (SSSR count). The average molecular weight is 348 g/mol. The topological polar surface area (TPSA) is 54.0 Å². The number of amides is 1. The van der Waals surface area contributed by atoms with E-state index < -0.39 is 0 Å². The first-order valence-electron chi connectivity index (χ1n) is 7.87. The minimum atomic E-state index is 0.0104. The fourth-order valence-corrected chi connectivity index (χ4v) is 4.31. The summed E-state index contributed by atoms with van der Waals surface area (Å²) in [6.07, 6.45) is 2.33. The number of nitrogens with zero attached hydrogens (tertiary/aromatic N) is 1. The smallest absolute Gasteiger partial charge is 0.252 e. The number of carbonyl (C=O) groups is 1. The van der Waals surface area contributed by atoms with Gasteiger partial charge in [-0.1, -0.05) is 12.1 Å². The Balaban J connectivity index is 1.60. The Kier molecular flexibility index (Phi) is 5.70. The summed E-state index contributed by atoms with van der Waals surface area (Å²) in [6.45, 7) is 3.76. The van der Waals surface area contributed by atoms with Crippen molar-refractivity contribution in [2.24, 2.45) is 0 Å². The molecule has 2 aromatic rings. The van der Waals surface area contributed by atoms with Gasteiger partial charge in [0.05, 0.1) is 16.3 Å². The zero-order chi connectivity index (χ0) is 16.1. The normalized spacial score (nSPS) is 17.3. The number of aryl methyl sites for hydroxylation is 1. The molecule has 0 radical (unpaired) electrons. The lowest BCUT2D eigenvalue weighted by molar-refractivity contribution is 0.0947. The van der Waals surface area contributed by atoms with Crippen LogP contribution in [0, 0.1) is 6.92 Å². The maximum atomic E-state index is 12.5. The molecule has 122 valence electrons. The number of carbonyl (C=O) groups excluding carboxylic acids is 1. The van der Waals surface area contributed by atoms with E-state index >= 15 is 0 Å². The predicted octanol–water partition coefficient (Wildman–Crippen LogP) is 3.23. The van der Waals surface area contributed by atoms with Crippen LogP contribution in [0.5, 0.6) is 0 Å². The van der Waals surface area contributed by atoms with E-state index in [-0.39, 0.29) is 5.91 Å². The Morgan fingerprint density at radius 1 is 1.48 bits per heavy atom. The van der Waals surface area contributed by atoms with E-state index in [1.807, 2.05) is 31.2 Å². The highest BCUT2D eigenvalue weighted by Crippen LogP contribution is 2.26. The van der Waals surface area contributed by atoms with Crippen molar-refractivity contribution in [3.05, 3.63) is 45.9 Å². The fraction of sp³-hybridized carbons (Fsp3) is 0.412. The molecule has 0 spiro atoms. The number of hydrogen-bond donors (Lipinski definition) is 2. The summed E-state index contributed by atoms with van der Waals surface area (Å²) in [7, 11) is 0. The van der Waals surface area contributed by atoms with Gasteiger partial charge in [0.15, 0.2) is 0 Å². The van der Waals surface area contributed by atoms with E-state index in [2.05, 4.69) is 21.0 Å². The third-order valence-electron chi connectivity index (χ3n) is 3.85. The van der Waals surface area contributed by atoms with Crippen LogP contribution in [0.15, 0.2) is 34.5 Å². The number of benzene rings is 1. The molecule has 1 saturated heterocycles. The van der Waals surface area contributed by atoms with Crippen molar-refractivity contribution in [2.45, 2.75) is 36.5 Å². The van der Waals surface area contributed by atoms with E-state index in [1.54, 1.807) is 23.1 Å². The highest BCUT2D eigenvalue weighted by atomic mass is 32.2. The zero-order valence-corrected chi connectivity index (χ0v) is 14.8. The van der Waals surface area contributed by atoms with Crippen molar-refractivity contribution in [1.82, 2.24) is 15.6 Å². The highest BCUT2D eigenvalue weighted by Gasteiger charge is 2.17. The first-order valence-corrected chi connectivity index (χ1v) is 9.73. The number of hydrogen-bond acceptors (Lipinski definition) is 5. The van der Waals surface area contributed by atoms with Gasteiger partial charge in [-0.05, 0) is 38.4 Å². The molecule has 2 N–H and O–H groups in total. The summed E-state index contributed by atoms with van der Waals surface area (Å²) < 4.78 is 0. The van der Waals surface area contributed by atoms with Crippen LogP contribution in [0.1, 0.15) is 33.9 Å². The average Bonchev–Trinajstić information content (AvgIpc) is 3.22. The summed E-state index contributed by atoms with van der Waals surface area (Å²) in [5.41, 5.74) is 1.82. The van der Waals surface area contributed by atoms with Gasteiger partial charge < -0.3 is 10.6 Å². The summed E-state index contributed by atoms with van der Waals surface area (Å²) >= 11 is 3.33. The fourth-order valence-electron chi connectivity index (χ4n) is 2.65. The minimum absolute atomic E-state index is 0.0104. The lowest BCUT2D eigenvalue weighted by atomic mass is 10.2. The van der Waals surface area contributed by atoms with Gasteiger partial charge in [-0.2, -0.15) is 0 Å². The molecule has 1 aromatic heterocycles. The van der Waals surface area contributed by atoms with Crippen molar-refractivity contribution < 1.29 is 4.79 Å². The monoisotopic (exact) mass is 347 g/mol. The van der Waals surface area contributed by atoms with Crippen LogP contribution in [-0.4, -0.2) is 30.0 Å². The largest absolute Gasteiger partial charge is 0.350 e. The molecular formula is C17H21N3OS2. The second-order valence-electron chi connectivity index (χ2n) is 5.65. The van der Waals surface area contributed by atoms with Gasteiger partial charge in [0.1, 0.15) is 0 Å². The Hall–Kier alpha value is -1.37. The van der Waals surface area contributed by atoms with Crippen LogP contribution in [-0.2, 0) is 5.75 Å². The Labute approximate surface area is 145 Å². The molecule has 4 nitrogen and oxygen atoms in total. The first-order chi connectivity index (χ1) is 11.2. The van der Waals surface area contributed by atoms with Crippen molar-refractivity contribution in [3.63, 3.8) is 0 Å². The molecule has 1 amide bonds. The van der Waals surface area contributed by atoms with Gasteiger partial charge in [-0.3, -0.25) is 4.79 Å². The van der Waals surface area contributed by atoms with Gasteiger partial charge >= 0.3 is 0 Å². The van der Waals surface area contributed by atoms with Gasteiger partial charge in [0.2, 0.25) is 0 Å². The molecule has 23 heavy (non-hydrogen) atoms. The second kappa shape index (κ2) is 7.95. The van der Waals surface area contributed by atoms with Crippen molar-refractivity contribution in [1.29, 1.82) is 0 Å². The molecule has 6 heteroatoms. The lowest BCUT2D eigenvalue weighted by Crippen LogP contribution is -2.37. The number of aromatic nitrogens is 1. The van der Waals surface area contributed by atoms with Gasteiger partial charge in [-0.25, -0.2) is 4.98 Å². The third kappa shape index (κ3) is 4.56. The lowest BCUT2D eigenvalue weighted by Gasteiger charge is -2.13. The zero-order valence-electron chi connectivity index (χ0n) is 13.2. The van der Waals surface area contributed by atoms with Crippen LogP contribution in [0.3, 0.4) is 0 Å². The van der Waals surface area contributed by atoms with E-state index in [1.165, 1.54) is 6.42 Å². The Bertz CT molecular complexity index is 665. The number of thioether (sulfide) groups is 1. The molecule has 0 aliphatic carbocycles. The predicted molar refractivity (Wildman–Crippen MR) is 96.2 cm³/mol. The van der Waals surface area contributed by atoms with Crippen LogP contribution in [0.2, 0.25) is 0 Å². The van der Waals surface area contributed by atoms with Crippen LogP contribution < -0.4 is 10.6 Å². The number of thiazole rings is 1. The van der Waals surface area contributed by atoms with Gasteiger partial charge in [0, 0.05) is 28.6 Å². The van der Waals surface area contributed by atoms with Crippen molar-refractivity contribution >= 4 is 29.0 Å². The minimum Gasteiger partial charge on any atom is -0.350 e. The van der Waals surface area contributed by atoms with Crippen LogP contribution in [0.25, 0.3) is 0 Å². The molecule has 1 aliphatic heterocycles. The second-order valence-corrected chi connectivity index (χ2v) is 7.73. The molecule has 1 atom stereocenters. The SMILES string of the molecule is Cc1nc(CSc2ccccc2C(=O)NC[C@H]2CCCN2)cs1. The maximum Gasteiger partial charge on any atom is 0.252 e. The molecule has 0 unspecified atom stereocenters. The molecule has 1 aromatic carbocycles. The Morgan fingerprint density at radius 3 is 3.09 bits per heavy atom. The third-order valence-corrected chi connectivity index (χ3v) is 5.77. The molecule has 2 heterocycles. The van der Waals surface area contributed by atoms with Gasteiger partial charge in [-0.15, -0.1) is 23.1 Å². The summed E-state index contributed by atoms with van der Waals surface area (Å²) in [5, 5.41) is 9.61. The van der Waals surface area contributed by atoms with Crippen molar-refractivity contribution in [2.75, 3.05) is 13.1 Å². The summed E-state index contributed by atoms with van der Waals surface area (Å²) in [5.74, 6) is 0.801. The van der Waals surface area contributed by atoms with E-state index in [9.17, 15) is 4.79 Å². The van der Waals surface area contributed by atoms with Gasteiger partial charge in [0.25, 0.3) is 5.91 Å². The summed E-state index contributed by atoms with van der Waals surface area (Å²) in [6, 6.07) is 8.21. The van der Waals surface area contributed by atoms with Crippen molar-refractivity contribution in [3.8, 4) is 0 Å². The molecule has 0 saturated carbocycles. The van der Waals surface area contributed by atoms with E-state index in [0.29, 0.717) is 12.6 Å². The van der Waals surface area contributed by atoms with E-state index in [0.717, 1.165) is 39.9 Å². The molecular weight excluding hydrogens is 326 g/mol. The Morgan fingerprint density at radius 2 is 2.35 bits per heavy atom. The highest BCUT2D eigenvalue weighted by molar-refractivity contribution is 7.98. The first kappa shape index (κ1) is 16.5. The molecule has 0 bridgehead atoms. The number of nitrogens with one attached hydrogen (secondary N) is 2. The standard InChI is InChI=1S/C17H21N3OS2/c1-12-20-14(10-22-12)11-23-16-7-3-2-6-15(16)17(21)19-9-13-5-4-8-18-13/h2-3,6-7,10,13,18H,4-5,8-9,11H2,1H3,(H,19,21)/t13-/m1/s1.